The highest BCUT2D eigenvalue weighted by Gasteiger charge is 2.09. The van der Waals surface area contributed by atoms with Crippen molar-refractivity contribution in [2.24, 2.45) is 7.05 Å². The van der Waals surface area contributed by atoms with Crippen molar-refractivity contribution in [2.45, 2.75) is 13.5 Å². The molecule has 0 radical (unpaired) electrons. The van der Waals surface area contributed by atoms with E-state index in [4.69, 9.17) is 0 Å². The summed E-state index contributed by atoms with van der Waals surface area (Å²) in [6.45, 7) is 2.58. The minimum Gasteiger partial charge on any atom is -0.320 e. The molecule has 0 atom stereocenters. The lowest BCUT2D eigenvalue weighted by Crippen LogP contribution is -2.04. The molecule has 6 heteroatoms. The Kier molecular flexibility index (Phi) is 2.14. The Morgan fingerprint density at radius 3 is 2.82 bits per heavy atom. The van der Waals surface area contributed by atoms with E-state index in [1.165, 1.54) is 4.80 Å². The molecule has 3 aromatic rings. The molecule has 0 bridgehead atoms. The standard InChI is InChI=1S/C11H12N6/c1-8-12-9-5-3-4-6-10(9)17(8)7-11-13-15-16(2)14-11/h3-6H,7H2,1-2H3. The first-order chi connectivity index (χ1) is 8.24. The number of aryl methyl sites for hydroxylation is 2. The molecule has 0 aliphatic carbocycles. The fraction of sp³-hybridized carbons (Fsp3) is 0.273. The average Bonchev–Trinajstić information content (AvgIpc) is 2.85. The third kappa shape index (κ3) is 1.67. The van der Waals surface area contributed by atoms with Crippen LogP contribution < -0.4 is 0 Å². The zero-order valence-electron chi connectivity index (χ0n) is 9.70. The molecule has 0 aliphatic rings. The van der Waals surface area contributed by atoms with Crippen LogP contribution in [0.25, 0.3) is 11.0 Å². The Morgan fingerprint density at radius 1 is 1.24 bits per heavy atom. The van der Waals surface area contributed by atoms with Crippen LogP contribution in [0.1, 0.15) is 11.6 Å². The number of hydrogen-bond acceptors (Lipinski definition) is 4. The van der Waals surface area contributed by atoms with Gasteiger partial charge in [0.2, 0.25) is 0 Å². The van der Waals surface area contributed by atoms with Crippen molar-refractivity contribution in [3.63, 3.8) is 0 Å². The van der Waals surface area contributed by atoms with Crippen molar-refractivity contribution in [3.8, 4) is 0 Å². The average molecular weight is 228 g/mol. The zero-order valence-corrected chi connectivity index (χ0v) is 9.70. The predicted octanol–water partition coefficient (Wildman–Crippen LogP) is 0.917. The summed E-state index contributed by atoms with van der Waals surface area (Å²) in [5.74, 6) is 1.65. The van der Waals surface area contributed by atoms with Gasteiger partial charge in [-0.2, -0.15) is 4.80 Å². The van der Waals surface area contributed by atoms with Crippen LogP contribution in [0.2, 0.25) is 0 Å². The van der Waals surface area contributed by atoms with Crippen molar-refractivity contribution in [2.75, 3.05) is 0 Å². The van der Waals surface area contributed by atoms with Gasteiger partial charge in [-0.05, 0) is 24.3 Å². The molecule has 2 heterocycles. The number of benzene rings is 1. The van der Waals surface area contributed by atoms with E-state index in [1.54, 1.807) is 7.05 Å². The van der Waals surface area contributed by atoms with Crippen molar-refractivity contribution in [1.82, 2.24) is 29.8 Å². The lowest BCUT2D eigenvalue weighted by atomic mass is 10.3. The van der Waals surface area contributed by atoms with E-state index in [9.17, 15) is 0 Å². The van der Waals surface area contributed by atoms with Crippen molar-refractivity contribution >= 4 is 11.0 Å². The number of aromatic nitrogens is 6. The molecule has 86 valence electrons. The Hall–Kier alpha value is -2.24. The summed E-state index contributed by atoms with van der Waals surface area (Å²) >= 11 is 0. The third-order valence-electron chi connectivity index (χ3n) is 2.69. The number of imidazole rings is 1. The van der Waals surface area contributed by atoms with E-state index in [2.05, 4.69) is 25.0 Å². The van der Waals surface area contributed by atoms with E-state index in [-0.39, 0.29) is 0 Å². The summed E-state index contributed by atoms with van der Waals surface area (Å²) in [4.78, 5) is 5.96. The second-order valence-corrected chi connectivity index (χ2v) is 3.93. The maximum atomic E-state index is 4.50. The molecule has 0 amide bonds. The summed E-state index contributed by atoms with van der Waals surface area (Å²) < 4.78 is 2.09. The van der Waals surface area contributed by atoms with Gasteiger partial charge in [0.25, 0.3) is 0 Å². The van der Waals surface area contributed by atoms with Gasteiger partial charge in [0.1, 0.15) is 5.82 Å². The molecule has 0 aliphatic heterocycles. The number of fused-ring (bicyclic) bond motifs is 1. The molecular formula is C11H12N6. The monoisotopic (exact) mass is 228 g/mol. The first kappa shape index (κ1) is 9.95. The molecule has 1 aromatic carbocycles. The quantitative estimate of drug-likeness (QED) is 0.654. The van der Waals surface area contributed by atoms with Crippen LogP contribution in [0.3, 0.4) is 0 Å². The topological polar surface area (TPSA) is 61.4 Å². The minimum absolute atomic E-state index is 0.597. The van der Waals surface area contributed by atoms with E-state index in [0.29, 0.717) is 12.4 Å². The smallest absolute Gasteiger partial charge is 0.194 e. The number of para-hydroxylation sites is 2. The SMILES string of the molecule is Cc1nc2ccccc2n1Cc1nnn(C)n1. The molecule has 0 saturated heterocycles. The Morgan fingerprint density at radius 2 is 2.06 bits per heavy atom. The zero-order chi connectivity index (χ0) is 11.8. The largest absolute Gasteiger partial charge is 0.320 e. The van der Waals surface area contributed by atoms with Crippen LogP contribution in [-0.4, -0.2) is 29.8 Å². The third-order valence-corrected chi connectivity index (χ3v) is 2.69. The number of rotatable bonds is 2. The van der Waals surface area contributed by atoms with Crippen molar-refractivity contribution in [3.05, 3.63) is 35.9 Å². The molecule has 0 N–H and O–H groups in total. The van der Waals surface area contributed by atoms with Crippen LogP contribution in [0.4, 0.5) is 0 Å². The van der Waals surface area contributed by atoms with Gasteiger partial charge in [-0.15, -0.1) is 10.2 Å². The summed E-state index contributed by atoms with van der Waals surface area (Å²) in [7, 11) is 1.76. The summed E-state index contributed by atoms with van der Waals surface area (Å²) in [6.07, 6.45) is 0. The van der Waals surface area contributed by atoms with E-state index in [1.807, 2.05) is 31.2 Å². The summed E-state index contributed by atoms with van der Waals surface area (Å²) in [5.41, 5.74) is 2.09. The second-order valence-electron chi connectivity index (χ2n) is 3.93. The Labute approximate surface area is 97.9 Å². The first-order valence-corrected chi connectivity index (χ1v) is 5.39. The van der Waals surface area contributed by atoms with E-state index < -0.39 is 0 Å². The Bertz CT molecular complexity index is 665. The van der Waals surface area contributed by atoms with Crippen LogP contribution in [0.15, 0.2) is 24.3 Å². The molecule has 0 unspecified atom stereocenters. The van der Waals surface area contributed by atoms with E-state index in [0.717, 1.165) is 16.9 Å². The van der Waals surface area contributed by atoms with Gasteiger partial charge in [0.05, 0.1) is 24.6 Å². The van der Waals surface area contributed by atoms with Crippen molar-refractivity contribution < 1.29 is 0 Å². The highest BCUT2D eigenvalue weighted by atomic mass is 15.6. The van der Waals surface area contributed by atoms with Crippen molar-refractivity contribution in [1.29, 1.82) is 0 Å². The van der Waals surface area contributed by atoms with Gasteiger partial charge in [-0.25, -0.2) is 4.98 Å². The van der Waals surface area contributed by atoms with Crippen LogP contribution in [0.5, 0.6) is 0 Å². The lowest BCUT2D eigenvalue weighted by Gasteiger charge is -2.02. The maximum Gasteiger partial charge on any atom is 0.194 e. The summed E-state index contributed by atoms with van der Waals surface area (Å²) in [5, 5.41) is 12.0. The highest BCUT2D eigenvalue weighted by molar-refractivity contribution is 5.75. The van der Waals surface area contributed by atoms with Crippen LogP contribution in [0, 0.1) is 6.92 Å². The minimum atomic E-state index is 0.597. The highest BCUT2D eigenvalue weighted by Crippen LogP contribution is 2.15. The predicted molar refractivity (Wildman–Crippen MR) is 62.4 cm³/mol. The van der Waals surface area contributed by atoms with Gasteiger partial charge in [-0.1, -0.05) is 12.1 Å². The number of hydrogen-bond donors (Lipinski definition) is 0. The normalized spacial score (nSPS) is 11.2. The van der Waals surface area contributed by atoms with Crippen LogP contribution >= 0.6 is 0 Å². The first-order valence-electron chi connectivity index (χ1n) is 5.39. The molecule has 17 heavy (non-hydrogen) atoms. The van der Waals surface area contributed by atoms with E-state index >= 15 is 0 Å². The number of tetrazole rings is 1. The van der Waals surface area contributed by atoms with Gasteiger partial charge < -0.3 is 4.57 Å². The maximum absolute atomic E-state index is 4.50. The molecular weight excluding hydrogens is 216 g/mol. The molecule has 0 spiro atoms. The molecule has 2 aromatic heterocycles. The molecule has 3 rings (SSSR count). The number of nitrogens with zero attached hydrogens (tertiary/aromatic N) is 6. The second kappa shape index (κ2) is 3.65. The fourth-order valence-corrected chi connectivity index (χ4v) is 1.92. The lowest BCUT2D eigenvalue weighted by molar-refractivity contribution is 0.625. The van der Waals surface area contributed by atoms with Gasteiger partial charge in [0, 0.05) is 0 Å². The molecule has 0 fully saturated rings. The summed E-state index contributed by atoms with van der Waals surface area (Å²) in [6, 6.07) is 8.04. The molecule has 0 saturated carbocycles. The Balaban J connectivity index is 2.08. The fourth-order valence-electron chi connectivity index (χ4n) is 1.92. The van der Waals surface area contributed by atoms with Gasteiger partial charge >= 0.3 is 0 Å². The van der Waals surface area contributed by atoms with Gasteiger partial charge in [0.15, 0.2) is 5.82 Å². The van der Waals surface area contributed by atoms with Gasteiger partial charge in [-0.3, -0.25) is 0 Å². The molecule has 6 nitrogen and oxygen atoms in total. The van der Waals surface area contributed by atoms with Crippen LogP contribution in [-0.2, 0) is 13.6 Å².